The second-order valence-electron chi connectivity index (χ2n) is 25.4. The van der Waals surface area contributed by atoms with E-state index >= 15 is 0 Å². The molecule has 0 bridgehead atoms. The Balaban J connectivity index is 0.914. The Morgan fingerprint density at radius 1 is 0.735 bits per heavy atom. The number of fused-ring (bicyclic) bond motifs is 5. The zero-order valence-electron chi connectivity index (χ0n) is 46.5. The van der Waals surface area contributed by atoms with Gasteiger partial charge < -0.3 is 19.7 Å². The third kappa shape index (κ3) is 18.1. The standard InChI is InChI=1S/C63H114N2O3/c1-9-10-11-12-13-14-15-16-17-18-19-20-21-22-23-27-46-67-50-57(49-65-44-25-24-26-45-65)68-47-43-64-53(5)31-33-56(66)34-32-54-37-40-61(6)55(48-54)38-41-63(8)59-36-35-58(52(4)30-28-29-51(2)3)62(59,7)42-39-60(61)63/h38,51-52,54,57-60,64H,5,9-37,39-50H2,1-4,6-8H3/t52?,54-,57?,58?,59?,60?,61-,62+,63-/m0/s1. The predicted octanol–water partition coefficient (Wildman–Crippen LogP) is 17.4. The maximum Gasteiger partial charge on any atom is 0.133 e. The normalized spacial score (nSPS) is 29.3. The van der Waals surface area contributed by atoms with E-state index in [9.17, 15) is 4.79 Å². The first-order chi connectivity index (χ1) is 32.9. The molecule has 5 rings (SSSR count). The number of ketones is 1. The highest BCUT2D eigenvalue weighted by Crippen LogP contribution is 2.72. The van der Waals surface area contributed by atoms with Crippen molar-refractivity contribution in [3.63, 3.8) is 0 Å². The monoisotopic (exact) mass is 947 g/mol. The van der Waals surface area contributed by atoms with Gasteiger partial charge in [0, 0.05) is 38.2 Å². The molecule has 4 fully saturated rings. The molecule has 5 unspecified atom stereocenters. The van der Waals surface area contributed by atoms with Crippen LogP contribution in [0.1, 0.15) is 267 Å². The molecule has 0 amide bonds. The first kappa shape index (κ1) is 57.7. The minimum absolute atomic E-state index is 0.105. The van der Waals surface area contributed by atoms with Crippen molar-refractivity contribution < 1.29 is 14.3 Å². The van der Waals surface area contributed by atoms with Gasteiger partial charge in [-0.15, -0.1) is 0 Å². The Kier molecular flexibility index (Phi) is 26.1. The molecule has 1 aliphatic heterocycles. The third-order valence-electron chi connectivity index (χ3n) is 19.7. The fraction of sp³-hybridized carbons (Fsp3) is 0.921. The third-order valence-corrected chi connectivity index (χ3v) is 19.7. The number of Topliss-reactive ketones (excluding diaryl/α,β-unsaturated/α-hetero) is 1. The Bertz CT molecular complexity index is 1430. The van der Waals surface area contributed by atoms with Gasteiger partial charge in [-0.25, -0.2) is 0 Å². The molecule has 5 heteroatoms. The fourth-order valence-corrected chi connectivity index (χ4v) is 15.5. The van der Waals surface area contributed by atoms with Gasteiger partial charge in [0.25, 0.3) is 0 Å². The van der Waals surface area contributed by atoms with Crippen molar-refractivity contribution in [3.8, 4) is 0 Å². The second-order valence-corrected chi connectivity index (χ2v) is 25.4. The number of unbranched alkanes of at least 4 members (excludes halogenated alkanes) is 15. The quantitative estimate of drug-likeness (QED) is 0.0497. The molecule has 0 spiro atoms. The summed E-state index contributed by atoms with van der Waals surface area (Å²) in [5, 5.41) is 3.49. The van der Waals surface area contributed by atoms with Crippen LogP contribution < -0.4 is 5.32 Å². The zero-order chi connectivity index (χ0) is 48.7. The summed E-state index contributed by atoms with van der Waals surface area (Å²) in [5.74, 6) is 5.36. The number of ether oxygens (including phenoxy) is 2. The summed E-state index contributed by atoms with van der Waals surface area (Å²) in [6.45, 7) is 28.3. The van der Waals surface area contributed by atoms with E-state index in [0.29, 0.717) is 47.6 Å². The van der Waals surface area contributed by atoms with E-state index in [4.69, 9.17) is 9.47 Å². The van der Waals surface area contributed by atoms with Crippen LogP contribution in [0.2, 0.25) is 0 Å². The topological polar surface area (TPSA) is 50.8 Å². The van der Waals surface area contributed by atoms with Crippen LogP contribution in [-0.2, 0) is 14.3 Å². The van der Waals surface area contributed by atoms with E-state index in [-0.39, 0.29) is 6.10 Å². The Morgan fingerprint density at radius 3 is 2.06 bits per heavy atom. The molecule has 68 heavy (non-hydrogen) atoms. The average molecular weight is 948 g/mol. The smallest absolute Gasteiger partial charge is 0.133 e. The molecular weight excluding hydrogens is 833 g/mol. The lowest BCUT2D eigenvalue weighted by atomic mass is 9.41. The highest BCUT2D eigenvalue weighted by Gasteiger charge is 2.63. The number of likely N-dealkylation sites (tertiary alicyclic amines) is 1. The second kappa shape index (κ2) is 30.8. The van der Waals surface area contributed by atoms with Crippen LogP contribution in [0.15, 0.2) is 23.9 Å². The molecule has 1 N–H and O–H groups in total. The number of nitrogens with zero attached hydrogens (tertiary/aromatic N) is 1. The molecule has 5 aliphatic rings. The van der Waals surface area contributed by atoms with Gasteiger partial charge in [-0.2, -0.15) is 0 Å². The number of allylic oxidation sites excluding steroid dienone is 3. The van der Waals surface area contributed by atoms with Crippen molar-refractivity contribution in [2.75, 3.05) is 46.0 Å². The molecule has 1 saturated heterocycles. The molecule has 1 heterocycles. The fourth-order valence-electron chi connectivity index (χ4n) is 15.5. The lowest BCUT2D eigenvalue weighted by Gasteiger charge is -2.63. The summed E-state index contributed by atoms with van der Waals surface area (Å²) in [6, 6.07) is 0. The molecule has 5 nitrogen and oxygen atoms in total. The lowest BCUT2D eigenvalue weighted by molar-refractivity contribution is -0.119. The zero-order valence-corrected chi connectivity index (χ0v) is 46.5. The molecule has 0 aromatic rings. The van der Waals surface area contributed by atoms with Crippen LogP contribution in [0, 0.1) is 51.8 Å². The summed E-state index contributed by atoms with van der Waals surface area (Å²) in [4.78, 5) is 15.8. The first-order valence-corrected chi connectivity index (χ1v) is 30.4. The van der Waals surface area contributed by atoms with Gasteiger partial charge >= 0.3 is 0 Å². The maximum atomic E-state index is 13.2. The van der Waals surface area contributed by atoms with E-state index in [1.165, 1.54) is 199 Å². The van der Waals surface area contributed by atoms with E-state index in [2.05, 4.69) is 71.3 Å². The highest BCUT2D eigenvalue weighted by molar-refractivity contribution is 5.78. The van der Waals surface area contributed by atoms with E-state index in [1.807, 2.05) is 0 Å². The number of carbonyl (C=O) groups is 1. The number of hydrogen-bond acceptors (Lipinski definition) is 5. The number of nitrogens with one attached hydrogen (secondary N) is 1. The van der Waals surface area contributed by atoms with Crippen LogP contribution in [0.3, 0.4) is 0 Å². The van der Waals surface area contributed by atoms with Gasteiger partial charge in [0.2, 0.25) is 0 Å². The summed E-state index contributed by atoms with van der Waals surface area (Å²) >= 11 is 0. The molecule has 0 radical (unpaired) electrons. The summed E-state index contributed by atoms with van der Waals surface area (Å²) in [5.41, 5.74) is 4.05. The lowest BCUT2D eigenvalue weighted by Crippen LogP contribution is -2.56. The van der Waals surface area contributed by atoms with Crippen LogP contribution in [0.25, 0.3) is 0 Å². The summed E-state index contributed by atoms with van der Waals surface area (Å²) in [6.07, 6.45) is 47.3. The Labute approximate surface area is 423 Å². The average Bonchev–Trinajstić information content (AvgIpc) is 3.69. The molecule has 394 valence electrons. The Hall–Kier alpha value is -1.17. The SMILES string of the molecule is C=C(CCC(=O)CC[C@H]1CC[C@@]2(C)C(=CC[C@@]3(C)C4CCC(C(C)CCCC(C)C)[C@@]4(C)CCC32)C1)NCCOC(COCCCCCCCCCCCCCCCCCC)CN1CCCCC1. The Morgan fingerprint density at radius 2 is 1.40 bits per heavy atom. The van der Waals surface area contributed by atoms with Crippen molar-refractivity contribution in [2.45, 2.75) is 273 Å². The molecular formula is C63H114N2O3. The van der Waals surface area contributed by atoms with E-state index < -0.39 is 0 Å². The van der Waals surface area contributed by atoms with Crippen LogP contribution in [-0.4, -0.2) is 62.8 Å². The van der Waals surface area contributed by atoms with Crippen molar-refractivity contribution in [1.29, 1.82) is 0 Å². The number of piperidine rings is 1. The van der Waals surface area contributed by atoms with E-state index in [1.54, 1.807) is 5.57 Å². The molecule has 4 aliphatic carbocycles. The van der Waals surface area contributed by atoms with Crippen LogP contribution in [0.5, 0.6) is 0 Å². The molecule has 3 saturated carbocycles. The maximum absolute atomic E-state index is 13.2. The van der Waals surface area contributed by atoms with Crippen molar-refractivity contribution >= 4 is 5.78 Å². The van der Waals surface area contributed by atoms with Crippen molar-refractivity contribution in [1.82, 2.24) is 10.2 Å². The summed E-state index contributed by atoms with van der Waals surface area (Å²) in [7, 11) is 0. The number of carbonyl (C=O) groups excluding carboxylic acids is 1. The largest absolute Gasteiger partial charge is 0.386 e. The molecule has 9 atom stereocenters. The summed E-state index contributed by atoms with van der Waals surface area (Å²) < 4.78 is 12.7. The number of hydrogen-bond donors (Lipinski definition) is 1. The van der Waals surface area contributed by atoms with Crippen LogP contribution in [0.4, 0.5) is 0 Å². The predicted molar refractivity (Wildman–Crippen MR) is 292 cm³/mol. The highest BCUT2D eigenvalue weighted by atomic mass is 16.5. The molecule has 0 aromatic carbocycles. The van der Waals surface area contributed by atoms with Crippen LogP contribution >= 0.6 is 0 Å². The minimum Gasteiger partial charge on any atom is -0.386 e. The van der Waals surface area contributed by atoms with Gasteiger partial charge in [-0.1, -0.05) is 189 Å². The van der Waals surface area contributed by atoms with Gasteiger partial charge in [0.05, 0.1) is 19.3 Å². The van der Waals surface area contributed by atoms with E-state index in [0.717, 1.165) is 80.7 Å². The van der Waals surface area contributed by atoms with Gasteiger partial charge in [0.15, 0.2) is 0 Å². The van der Waals surface area contributed by atoms with Crippen molar-refractivity contribution in [3.05, 3.63) is 23.9 Å². The first-order valence-electron chi connectivity index (χ1n) is 30.4. The molecule has 0 aromatic heterocycles. The van der Waals surface area contributed by atoms with Gasteiger partial charge in [-0.05, 0) is 148 Å². The van der Waals surface area contributed by atoms with Gasteiger partial charge in [-0.3, -0.25) is 4.79 Å². The number of rotatable bonds is 37. The minimum atomic E-state index is 0.105. The van der Waals surface area contributed by atoms with Crippen molar-refractivity contribution in [2.24, 2.45) is 51.8 Å². The van der Waals surface area contributed by atoms with Gasteiger partial charge in [0.1, 0.15) is 5.78 Å².